The summed E-state index contributed by atoms with van der Waals surface area (Å²) in [4.78, 5) is 11.5. The molecule has 0 aromatic heterocycles. The highest BCUT2D eigenvalue weighted by Gasteiger charge is 2.06. The van der Waals surface area contributed by atoms with Gasteiger partial charge in [-0.25, -0.2) is 0 Å². The maximum absolute atomic E-state index is 11.5. The van der Waals surface area contributed by atoms with Gasteiger partial charge in [0, 0.05) is 10.6 Å². The van der Waals surface area contributed by atoms with Gasteiger partial charge in [-0.1, -0.05) is 17.7 Å². The predicted molar refractivity (Wildman–Crippen MR) is 60.1 cm³/mol. The first-order valence-electron chi connectivity index (χ1n) is 4.50. The topological polar surface area (TPSA) is 17.1 Å². The highest BCUT2D eigenvalue weighted by Crippen LogP contribution is 2.22. The quantitative estimate of drug-likeness (QED) is 0.535. The molecular weight excluding hydrogens is 196 g/mol. The number of hydrogen-bond donors (Lipinski definition) is 0. The van der Waals surface area contributed by atoms with Crippen molar-refractivity contribution in [1.29, 1.82) is 0 Å². The average molecular weight is 209 g/mol. The molecule has 0 aliphatic carbocycles. The molecule has 2 heteroatoms. The minimum atomic E-state index is 0.0235. The number of ketones is 1. The molecule has 0 saturated carbocycles. The molecule has 0 aliphatic heterocycles. The lowest BCUT2D eigenvalue weighted by Crippen LogP contribution is -1.96. The number of carbonyl (C=O) groups is 1. The van der Waals surface area contributed by atoms with Gasteiger partial charge in [-0.3, -0.25) is 4.79 Å². The Kier molecular flexibility index (Phi) is 3.48. The first-order valence-corrected chi connectivity index (χ1v) is 4.88. The maximum Gasteiger partial charge on any atom is 0.185 e. The van der Waals surface area contributed by atoms with E-state index < -0.39 is 0 Å². The van der Waals surface area contributed by atoms with Crippen LogP contribution in [-0.2, 0) is 0 Å². The lowest BCUT2D eigenvalue weighted by Gasteiger charge is -2.04. The Bertz CT molecular complexity index is 368. The zero-order valence-corrected chi connectivity index (χ0v) is 9.35. The van der Waals surface area contributed by atoms with Crippen molar-refractivity contribution >= 4 is 17.4 Å². The molecular formula is C12H13ClO. The van der Waals surface area contributed by atoms with E-state index in [0.29, 0.717) is 5.56 Å². The maximum atomic E-state index is 11.5. The molecule has 0 radical (unpaired) electrons. The molecule has 0 spiro atoms. The zero-order valence-electron chi connectivity index (χ0n) is 8.60. The molecule has 0 saturated heterocycles. The van der Waals surface area contributed by atoms with Gasteiger partial charge in [0.15, 0.2) is 5.78 Å². The van der Waals surface area contributed by atoms with Crippen LogP contribution in [0.15, 0.2) is 24.3 Å². The number of benzene rings is 1. The highest BCUT2D eigenvalue weighted by atomic mass is 35.5. The van der Waals surface area contributed by atoms with Gasteiger partial charge in [0.25, 0.3) is 0 Å². The fraction of sp³-hybridized carbons (Fsp3) is 0.250. The summed E-state index contributed by atoms with van der Waals surface area (Å²) in [5, 5.41) is 0.738. The third-order valence-corrected chi connectivity index (χ3v) is 2.64. The van der Waals surface area contributed by atoms with Crippen molar-refractivity contribution in [3.05, 3.63) is 46.0 Å². The van der Waals surface area contributed by atoms with Crippen LogP contribution in [0.4, 0.5) is 0 Å². The monoisotopic (exact) mass is 208 g/mol. The Hall–Kier alpha value is -1.08. The Labute approximate surface area is 89.4 Å². The fourth-order valence-corrected chi connectivity index (χ4v) is 1.44. The summed E-state index contributed by atoms with van der Waals surface area (Å²) >= 11 is 6.00. The molecule has 1 nitrogen and oxygen atoms in total. The van der Waals surface area contributed by atoms with E-state index in [4.69, 9.17) is 11.6 Å². The van der Waals surface area contributed by atoms with Crippen LogP contribution in [0, 0.1) is 13.8 Å². The number of aryl methyl sites for hydroxylation is 2. The van der Waals surface area contributed by atoms with E-state index in [1.807, 2.05) is 32.9 Å². The van der Waals surface area contributed by atoms with E-state index in [2.05, 4.69) is 0 Å². The van der Waals surface area contributed by atoms with Gasteiger partial charge in [-0.15, -0.1) is 0 Å². The Morgan fingerprint density at radius 2 is 1.79 bits per heavy atom. The molecule has 1 rings (SSSR count). The molecule has 14 heavy (non-hydrogen) atoms. The number of allylic oxidation sites excluding steroid dienone is 2. The number of hydrogen-bond acceptors (Lipinski definition) is 1. The van der Waals surface area contributed by atoms with E-state index >= 15 is 0 Å². The first kappa shape index (κ1) is 11.0. The second kappa shape index (κ2) is 4.43. The standard InChI is InChI=1S/C12H13ClO/c1-4-5-11(14)10-6-8(2)12(13)9(3)7-10/h4-7H,1-3H3/b5-4+. The SMILES string of the molecule is C/C=C/C(=O)c1cc(C)c(Cl)c(C)c1. The third-order valence-electron chi connectivity index (χ3n) is 2.04. The molecule has 0 atom stereocenters. The largest absolute Gasteiger partial charge is 0.289 e. The van der Waals surface area contributed by atoms with E-state index in [0.717, 1.165) is 16.1 Å². The van der Waals surface area contributed by atoms with Crippen molar-refractivity contribution in [2.75, 3.05) is 0 Å². The van der Waals surface area contributed by atoms with Crippen LogP contribution in [-0.4, -0.2) is 5.78 Å². The van der Waals surface area contributed by atoms with Gasteiger partial charge < -0.3 is 0 Å². The van der Waals surface area contributed by atoms with Crippen LogP contribution in [0.3, 0.4) is 0 Å². The summed E-state index contributed by atoms with van der Waals surface area (Å²) in [6, 6.07) is 3.63. The van der Waals surface area contributed by atoms with Gasteiger partial charge in [0.2, 0.25) is 0 Å². The van der Waals surface area contributed by atoms with Crippen LogP contribution >= 0.6 is 11.6 Å². The van der Waals surface area contributed by atoms with E-state index in [9.17, 15) is 4.79 Å². The van der Waals surface area contributed by atoms with Gasteiger partial charge in [0.05, 0.1) is 0 Å². The van der Waals surface area contributed by atoms with Gasteiger partial charge in [0.1, 0.15) is 0 Å². The third kappa shape index (κ3) is 2.24. The number of halogens is 1. The zero-order chi connectivity index (χ0) is 10.7. The van der Waals surface area contributed by atoms with Crippen LogP contribution in [0.2, 0.25) is 5.02 Å². The minimum Gasteiger partial charge on any atom is -0.289 e. The first-order chi connectivity index (χ1) is 6.56. The van der Waals surface area contributed by atoms with Crippen LogP contribution in [0.25, 0.3) is 0 Å². The molecule has 0 heterocycles. The van der Waals surface area contributed by atoms with Crippen molar-refractivity contribution < 1.29 is 4.79 Å². The van der Waals surface area contributed by atoms with Crippen molar-refractivity contribution in [1.82, 2.24) is 0 Å². The molecule has 0 N–H and O–H groups in total. The van der Waals surface area contributed by atoms with Crippen molar-refractivity contribution in [3.8, 4) is 0 Å². The summed E-state index contributed by atoms with van der Waals surface area (Å²) in [5.41, 5.74) is 2.58. The average Bonchev–Trinajstić information content (AvgIpc) is 2.13. The van der Waals surface area contributed by atoms with E-state index in [1.54, 1.807) is 12.2 Å². The number of rotatable bonds is 2. The van der Waals surface area contributed by atoms with Gasteiger partial charge in [-0.2, -0.15) is 0 Å². The lowest BCUT2D eigenvalue weighted by molar-refractivity contribution is 0.104. The molecule has 74 valence electrons. The highest BCUT2D eigenvalue weighted by molar-refractivity contribution is 6.32. The smallest absolute Gasteiger partial charge is 0.185 e. The van der Waals surface area contributed by atoms with Crippen LogP contribution in [0.5, 0.6) is 0 Å². The summed E-state index contributed by atoms with van der Waals surface area (Å²) in [6.07, 6.45) is 3.30. The molecule has 0 unspecified atom stereocenters. The molecule has 0 amide bonds. The molecule has 0 bridgehead atoms. The number of carbonyl (C=O) groups excluding carboxylic acids is 1. The normalized spacial score (nSPS) is 10.9. The summed E-state index contributed by atoms with van der Waals surface area (Å²) in [5.74, 6) is 0.0235. The van der Waals surface area contributed by atoms with Crippen LogP contribution < -0.4 is 0 Å². The Balaban J connectivity index is 3.19. The summed E-state index contributed by atoms with van der Waals surface area (Å²) < 4.78 is 0. The predicted octanol–water partition coefficient (Wildman–Crippen LogP) is 3.72. The molecule has 0 aliphatic rings. The Morgan fingerprint density at radius 3 is 2.21 bits per heavy atom. The summed E-state index contributed by atoms with van der Waals surface area (Å²) in [6.45, 7) is 5.64. The van der Waals surface area contributed by atoms with Crippen LogP contribution in [0.1, 0.15) is 28.4 Å². The van der Waals surface area contributed by atoms with E-state index in [-0.39, 0.29) is 5.78 Å². The Morgan fingerprint density at radius 1 is 1.29 bits per heavy atom. The minimum absolute atomic E-state index is 0.0235. The second-order valence-electron chi connectivity index (χ2n) is 3.29. The summed E-state index contributed by atoms with van der Waals surface area (Å²) in [7, 11) is 0. The van der Waals surface area contributed by atoms with Crippen molar-refractivity contribution in [2.24, 2.45) is 0 Å². The molecule has 0 fully saturated rings. The van der Waals surface area contributed by atoms with Crippen molar-refractivity contribution in [2.45, 2.75) is 20.8 Å². The van der Waals surface area contributed by atoms with Gasteiger partial charge in [-0.05, 0) is 50.1 Å². The lowest BCUT2D eigenvalue weighted by atomic mass is 10.0. The van der Waals surface area contributed by atoms with Gasteiger partial charge >= 0.3 is 0 Å². The second-order valence-corrected chi connectivity index (χ2v) is 3.67. The fourth-order valence-electron chi connectivity index (χ4n) is 1.34. The van der Waals surface area contributed by atoms with Crippen molar-refractivity contribution in [3.63, 3.8) is 0 Å². The van der Waals surface area contributed by atoms with E-state index in [1.165, 1.54) is 0 Å². The molecule has 1 aromatic carbocycles. The molecule has 1 aromatic rings.